The van der Waals surface area contributed by atoms with E-state index in [2.05, 4.69) is 10.1 Å². The van der Waals surface area contributed by atoms with E-state index in [9.17, 15) is 14.9 Å². The summed E-state index contributed by atoms with van der Waals surface area (Å²) in [7, 11) is 0. The third-order valence-electron chi connectivity index (χ3n) is 2.27. The first kappa shape index (κ1) is 14.0. The molecule has 0 aliphatic carbocycles. The molecule has 104 valence electrons. The van der Waals surface area contributed by atoms with E-state index in [-0.39, 0.29) is 17.2 Å². The van der Waals surface area contributed by atoms with Crippen molar-refractivity contribution in [1.82, 2.24) is 9.66 Å². The Morgan fingerprint density at radius 3 is 2.90 bits per heavy atom. The lowest BCUT2D eigenvalue weighted by Gasteiger charge is -2.03. The smallest absolute Gasteiger partial charge is 0.400 e. The fourth-order valence-corrected chi connectivity index (χ4v) is 1.97. The van der Waals surface area contributed by atoms with Crippen molar-refractivity contribution in [2.45, 2.75) is 12.1 Å². The summed E-state index contributed by atoms with van der Waals surface area (Å²) in [6.07, 6.45) is 3.00. The molecule has 0 N–H and O–H groups in total. The van der Waals surface area contributed by atoms with Gasteiger partial charge in [0.25, 0.3) is 5.56 Å². The van der Waals surface area contributed by atoms with E-state index in [4.69, 9.17) is 4.42 Å². The highest BCUT2D eigenvalue weighted by atomic mass is 32.2. The van der Waals surface area contributed by atoms with Crippen molar-refractivity contribution < 1.29 is 9.34 Å². The van der Waals surface area contributed by atoms with Crippen molar-refractivity contribution in [2.24, 2.45) is 5.10 Å². The molecule has 0 fully saturated rings. The van der Waals surface area contributed by atoms with Crippen LogP contribution in [-0.4, -0.2) is 27.1 Å². The van der Waals surface area contributed by atoms with E-state index in [0.29, 0.717) is 10.9 Å². The van der Waals surface area contributed by atoms with E-state index < -0.39 is 4.92 Å². The first-order valence-corrected chi connectivity index (χ1v) is 6.67. The zero-order valence-corrected chi connectivity index (χ0v) is 11.5. The molecular formula is C11H10N4O4S. The number of nitrogens with zero attached hydrogens (tertiary/aromatic N) is 4. The SMILES string of the molecule is CSc1nc(C)cc(=O)n1N=Cc1ccc([N+](=O)[O-])o1. The maximum absolute atomic E-state index is 11.8. The lowest BCUT2D eigenvalue weighted by atomic mass is 10.4. The molecule has 0 saturated heterocycles. The Bertz CT molecular complexity index is 734. The summed E-state index contributed by atoms with van der Waals surface area (Å²) in [6.45, 7) is 1.71. The standard InChI is InChI=1S/C11H10N4O4S/c1-7-5-9(16)14(11(13-7)20-2)12-6-8-3-4-10(19-8)15(17)18/h3-6H,1-2H3. The van der Waals surface area contributed by atoms with E-state index in [1.54, 1.807) is 13.2 Å². The van der Waals surface area contributed by atoms with Crippen LogP contribution in [0.15, 0.2) is 37.7 Å². The van der Waals surface area contributed by atoms with E-state index in [1.807, 2.05) is 0 Å². The minimum atomic E-state index is -0.649. The Hall–Kier alpha value is -2.42. The quantitative estimate of drug-likeness (QED) is 0.279. The Morgan fingerprint density at radius 1 is 1.55 bits per heavy atom. The molecule has 0 atom stereocenters. The van der Waals surface area contributed by atoms with Crippen molar-refractivity contribution in [3.63, 3.8) is 0 Å². The van der Waals surface area contributed by atoms with Gasteiger partial charge in [-0.3, -0.25) is 14.9 Å². The highest BCUT2D eigenvalue weighted by molar-refractivity contribution is 7.98. The summed E-state index contributed by atoms with van der Waals surface area (Å²) < 4.78 is 6.02. The van der Waals surface area contributed by atoms with Gasteiger partial charge in [-0.25, -0.2) is 4.98 Å². The van der Waals surface area contributed by atoms with Gasteiger partial charge in [-0.1, -0.05) is 11.8 Å². The Morgan fingerprint density at radius 2 is 2.30 bits per heavy atom. The van der Waals surface area contributed by atoms with Crippen LogP contribution in [0.5, 0.6) is 0 Å². The van der Waals surface area contributed by atoms with Gasteiger partial charge >= 0.3 is 5.88 Å². The van der Waals surface area contributed by atoms with Crippen LogP contribution in [0, 0.1) is 17.0 Å². The minimum absolute atomic E-state index is 0.177. The van der Waals surface area contributed by atoms with Crippen LogP contribution in [0.2, 0.25) is 0 Å². The van der Waals surface area contributed by atoms with Crippen LogP contribution < -0.4 is 5.56 Å². The molecule has 0 unspecified atom stereocenters. The fourth-order valence-electron chi connectivity index (χ4n) is 1.43. The summed E-state index contributed by atoms with van der Waals surface area (Å²) in [5, 5.41) is 14.8. The molecule has 9 heteroatoms. The number of aryl methyl sites for hydroxylation is 1. The maximum atomic E-state index is 11.8. The molecule has 2 aromatic heterocycles. The van der Waals surface area contributed by atoms with Crippen LogP contribution in [0.1, 0.15) is 11.5 Å². The molecule has 2 aromatic rings. The first-order valence-electron chi connectivity index (χ1n) is 5.44. The Kier molecular flexibility index (Phi) is 3.99. The third kappa shape index (κ3) is 2.94. The molecule has 0 aliphatic heterocycles. The third-order valence-corrected chi connectivity index (χ3v) is 2.90. The molecule has 2 heterocycles. The van der Waals surface area contributed by atoms with Gasteiger partial charge in [0.1, 0.15) is 4.92 Å². The zero-order valence-electron chi connectivity index (χ0n) is 10.6. The monoisotopic (exact) mass is 294 g/mol. The van der Waals surface area contributed by atoms with Crippen LogP contribution in [0.25, 0.3) is 0 Å². The van der Waals surface area contributed by atoms with Gasteiger partial charge in [-0.2, -0.15) is 9.78 Å². The van der Waals surface area contributed by atoms with Gasteiger partial charge in [0.15, 0.2) is 10.9 Å². The summed E-state index contributed by atoms with van der Waals surface area (Å²) >= 11 is 1.27. The number of furan rings is 1. The molecule has 20 heavy (non-hydrogen) atoms. The summed E-state index contributed by atoms with van der Waals surface area (Å²) in [4.78, 5) is 25.8. The van der Waals surface area contributed by atoms with Gasteiger partial charge < -0.3 is 4.42 Å². The molecule has 0 aromatic carbocycles. The van der Waals surface area contributed by atoms with E-state index in [0.717, 1.165) is 4.68 Å². The van der Waals surface area contributed by atoms with E-state index in [1.165, 1.54) is 36.2 Å². The molecule has 0 bridgehead atoms. The minimum Gasteiger partial charge on any atom is -0.400 e. The van der Waals surface area contributed by atoms with Crippen LogP contribution in [-0.2, 0) is 0 Å². The predicted octanol–water partition coefficient (Wildman–Crippen LogP) is 1.66. The first-order chi connectivity index (χ1) is 9.51. The summed E-state index contributed by atoms with van der Waals surface area (Å²) in [6, 6.07) is 3.96. The van der Waals surface area contributed by atoms with Crippen molar-refractivity contribution in [2.75, 3.05) is 6.26 Å². The Labute approximate surface area is 117 Å². The van der Waals surface area contributed by atoms with Gasteiger partial charge in [0.05, 0.1) is 12.3 Å². The molecule has 0 aliphatic rings. The average Bonchev–Trinajstić information content (AvgIpc) is 2.85. The molecule has 0 amide bonds. The number of aromatic nitrogens is 2. The number of hydrogen-bond donors (Lipinski definition) is 0. The number of thioether (sulfide) groups is 1. The number of hydrogen-bond acceptors (Lipinski definition) is 7. The molecule has 2 rings (SSSR count). The van der Waals surface area contributed by atoms with Crippen LogP contribution >= 0.6 is 11.8 Å². The van der Waals surface area contributed by atoms with Crippen LogP contribution in [0.3, 0.4) is 0 Å². The van der Waals surface area contributed by atoms with Crippen molar-refractivity contribution in [3.8, 4) is 0 Å². The topological polar surface area (TPSA) is 104 Å². The molecule has 0 spiro atoms. The lowest BCUT2D eigenvalue weighted by molar-refractivity contribution is -0.402. The van der Waals surface area contributed by atoms with Crippen molar-refractivity contribution in [1.29, 1.82) is 0 Å². The molecule has 0 radical (unpaired) electrons. The lowest BCUT2D eigenvalue weighted by Crippen LogP contribution is -2.19. The average molecular weight is 294 g/mol. The van der Waals surface area contributed by atoms with E-state index >= 15 is 0 Å². The summed E-state index contributed by atoms with van der Waals surface area (Å²) in [5.74, 6) is -0.206. The number of rotatable bonds is 4. The Balaban J connectivity index is 2.35. The second-order valence-electron chi connectivity index (χ2n) is 3.71. The van der Waals surface area contributed by atoms with Gasteiger partial charge in [0.2, 0.25) is 0 Å². The maximum Gasteiger partial charge on any atom is 0.433 e. The molecule has 0 saturated carbocycles. The highest BCUT2D eigenvalue weighted by Gasteiger charge is 2.11. The molecule has 8 nitrogen and oxygen atoms in total. The fraction of sp³-hybridized carbons (Fsp3) is 0.182. The number of nitro groups is 1. The van der Waals surface area contributed by atoms with Gasteiger partial charge in [-0.15, -0.1) is 0 Å². The second-order valence-corrected chi connectivity index (χ2v) is 4.49. The normalized spacial score (nSPS) is 11.1. The van der Waals surface area contributed by atoms with Gasteiger partial charge in [0, 0.05) is 11.8 Å². The largest absolute Gasteiger partial charge is 0.433 e. The molecular weight excluding hydrogens is 284 g/mol. The van der Waals surface area contributed by atoms with Crippen molar-refractivity contribution in [3.05, 3.63) is 50.1 Å². The van der Waals surface area contributed by atoms with Gasteiger partial charge in [-0.05, 0) is 19.2 Å². The second kappa shape index (κ2) is 5.70. The summed E-state index contributed by atoms with van der Waals surface area (Å²) in [5.41, 5.74) is 0.263. The predicted molar refractivity (Wildman–Crippen MR) is 73.4 cm³/mol. The zero-order chi connectivity index (χ0) is 14.7. The highest BCUT2D eigenvalue weighted by Crippen LogP contribution is 2.14. The van der Waals surface area contributed by atoms with Crippen LogP contribution in [0.4, 0.5) is 5.88 Å². The van der Waals surface area contributed by atoms with Crippen molar-refractivity contribution >= 4 is 23.9 Å².